The molecule has 1 atom stereocenters. The molecule has 0 aromatic heterocycles. The van der Waals surface area contributed by atoms with Gasteiger partial charge >= 0.3 is 0 Å². The fraction of sp³-hybridized carbons (Fsp3) is 0.467. The third kappa shape index (κ3) is 3.69. The molecule has 1 unspecified atom stereocenters. The van der Waals surface area contributed by atoms with E-state index in [1.165, 1.54) is 25.1 Å². The van der Waals surface area contributed by atoms with Gasteiger partial charge in [-0.25, -0.2) is 0 Å². The van der Waals surface area contributed by atoms with Gasteiger partial charge < -0.3 is 10.2 Å². The highest BCUT2D eigenvalue weighted by atomic mass is 15.2. The Morgan fingerprint density at radius 2 is 2.18 bits per heavy atom. The molecule has 0 radical (unpaired) electrons. The van der Waals surface area contributed by atoms with Gasteiger partial charge in [0.2, 0.25) is 0 Å². The van der Waals surface area contributed by atoms with E-state index in [-0.39, 0.29) is 0 Å². The molecule has 0 amide bonds. The number of nitrogens with one attached hydrogen (secondary N) is 1. The van der Waals surface area contributed by atoms with E-state index in [0.29, 0.717) is 0 Å². The minimum Gasteiger partial charge on any atom is -0.312 e. The first-order valence-electron chi connectivity index (χ1n) is 6.49. The predicted octanol–water partition coefficient (Wildman–Crippen LogP) is 2.25. The summed E-state index contributed by atoms with van der Waals surface area (Å²) in [4.78, 5) is 2.55. The lowest BCUT2D eigenvalue weighted by Gasteiger charge is -2.16. The SMILES string of the molecule is C=CCNCCN1CCC(c2ccccc2)C1. The average molecular weight is 230 g/mol. The second-order valence-electron chi connectivity index (χ2n) is 4.69. The van der Waals surface area contributed by atoms with E-state index in [0.717, 1.165) is 25.6 Å². The van der Waals surface area contributed by atoms with Crippen LogP contribution in [0.25, 0.3) is 0 Å². The highest BCUT2D eigenvalue weighted by molar-refractivity contribution is 5.20. The maximum Gasteiger partial charge on any atom is 0.0132 e. The van der Waals surface area contributed by atoms with Crippen molar-refractivity contribution in [1.82, 2.24) is 10.2 Å². The monoisotopic (exact) mass is 230 g/mol. The van der Waals surface area contributed by atoms with Gasteiger partial charge in [0.05, 0.1) is 0 Å². The lowest BCUT2D eigenvalue weighted by atomic mass is 9.99. The van der Waals surface area contributed by atoms with Crippen LogP contribution in [-0.4, -0.2) is 37.6 Å². The Kier molecular flexibility index (Phi) is 4.77. The molecule has 0 spiro atoms. The normalized spacial score (nSPS) is 20.6. The zero-order valence-corrected chi connectivity index (χ0v) is 10.4. The zero-order valence-electron chi connectivity index (χ0n) is 10.4. The van der Waals surface area contributed by atoms with Crippen molar-refractivity contribution < 1.29 is 0 Å². The molecule has 1 fully saturated rings. The topological polar surface area (TPSA) is 15.3 Å². The van der Waals surface area contributed by atoms with Gasteiger partial charge in [0.15, 0.2) is 0 Å². The summed E-state index contributed by atoms with van der Waals surface area (Å²) < 4.78 is 0. The number of rotatable bonds is 6. The lowest BCUT2D eigenvalue weighted by Crippen LogP contribution is -2.30. The van der Waals surface area contributed by atoms with Gasteiger partial charge in [0.1, 0.15) is 0 Å². The van der Waals surface area contributed by atoms with Crippen molar-refractivity contribution in [2.24, 2.45) is 0 Å². The number of hydrogen-bond donors (Lipinski definition) is 1. The standard InChI is InChI=1S/C15H22N2/c1-2-9-16-10-12-17-11-8-15(13-17)14-6-4-3-5-7-14/h2-7,15-16H,1,8-13H2. The van der Waals surface area contributed by atoms with Crippen molar-refractivity contribution in [3.8, 4) is 0 Å². The summed E-state index contributed by atoms with van der Waals surface area (Å²) in [5.74, 6) is 0.732. The molecule has 2 heteroatoms. The molecule has 0 bridgehead atoms. The first-order chi connectivity index (χ1) is 8.40. The lowest BCUT2D eigenvalue weighted by molar-refractivity contribution is 0.334. The van der Waals surface area contributed by atoms with Crippen LogP contribution in [0.4, 0.5) is 0 Å². The Hall–Kier alpha value is -1.12. The van der Waals surface area contributed by atoms with Crippen LogP contribution in [0.15, 0.2) is 43.0 Å². The Morgan fingerprint density at radius 1 is 1.35 bits per heavy atom. The molecule has 1 aliphatic heterocycles. The zero-order chi connectivity index (χ0) is 11.9. The van der Waals surface area contributed by atoms with E-state index in [9.17, 15) is 0 Å². The third-order valence-corrected chi connectivity index (χ3v) is 3.44. The summed E-state index contributed by atoms with van der Waals surface area (Å²) in [5, 5.41) is 3.36. The van der Waals surface area contributed by atoms with Gasteiger partial charge in [-0.3, -0.25) is 0 Å². The van der Waals surface area contributed by atoms with Crippen molar-refractivity contribution in [3.63, 3.8) is 0 Å². The van der Waals surface area contributed by atoms with E-state index in [1.807, 2.05) is 6.08 Å². The predicted molar refractivity (Wildman–Crippen MR) is 73.3 cm³/mol. The molecule has 1 saturated heterocycles. The summed E-state index contributed by atoms with van der Waals surface area (Å²) in [6, 6.07) is 10.9. The quantitative estimate of drug-likeness (QED) is 0.595. The van der Waals surface area contributed by atoms with Crippen LogP contribution in [-0.2, 0) is 0 Å². The molecule has 2 rings (SSSR count). The summed E-state index contributed by atoms with van der Waals surface area (Å²) in [7, 11) is 0. The van der Waals surface area contributed by atoms with Crippen molar-refractivity contribution in [3.05, 3.63) is 48.6 Å². The molecular weight excluding hydrogens is 208 g/mol. The molecule has 0 saturated carbocycles. The summed E-state index contributed by atoms with van der Waals surface area (Å²) >= 11 is 0. The van der Waals surface area contributed by atoms with E-state index in [2.05, 4.69) is 47.1 Å². The fourth-order valence-electron chi connectivity index (χ4n) is 2.47. The molecule has 1 heterocycles. The Labute approximate surface area is 104 Å². The van der Waals surface area contributed by atoms with Crippen LogP contribution in [0.1, 0.15) is 17.9 Å². The molecule has 1 aromatic rings. The number of likely N-dealkylation sites (tertiary alicyclic amines) is 1. The smallest absolute Gasteiger partial charge is 0.0132 e. The maximum atomic E-state index is 3.71. The summed E-state index contributed by atoms with van der Waals surface area (Å²) in [5.41, 5.74) is 1.49. The van der Waals surface area contributed by atoms with E-state index >= 15 is 0 Å². The largest absolute Gasteiger partial charge is 0.312 e. The van der Waals surface area contributed by atoms with E-state index < -0.39 is 0 Å². The van der Waals surface area contributed by atoms with Gasteiger partial charge in [-0.15, -0.1) is 6.58 Å². The first-order valence-corrected chi connectivity index (χ1v) is 6.49. The average Bonchev–Trinajstić information content (AvgIpc) is 2.85. The Bertz CT molecular complexity index is 334. The highest BCUT2D eigenvalue weighted by Gasteiger charge is 2.22. The molecule has 0 aliphatic carbocycles. The molecule has 1 N–H and O–H groups in total. The van der Waals surface area contributed by atoms with Crippen LogP contribution in [0.2, 0.25) is 0 Å². The minimum absolute atomic E-state index is 0.732. The second kappa shape index (κ2) is 6.58. The third-order valence-electron chi connectivity index (χ3n) is 3.44. The van der Waals surface area contributed by atoms with Crippen molar-refractivity contribution in [2.45, 2.75) is 12.3 Å². The van der Waals surface area contributed by atoms with E-state index in [4.69, 9.17) is 0 Å². The van der Waals surface area contributed by atoms with Crippen molar-refractivity contribution >= 4 is 0 Å². The minimum atomic E-state index is 0.732. The molecule has 17 heavy (non-hydrogen) atoms. The molecule has 92 valence electrons. The second-order valence-corrected chi connectivity index (χ2v) is 4.69. The molecule has 1 aliphatic rings. The van der Waals surface area contributed by atoms with Crippen LogP contribution in [0.5, 0.6) is 0 Å². The van der Waals surface area contributed by atoms with Crippen LogP contribution in [0, 0.1) is 0 Å². The highest BCUT2D eigenvalue weighted by Crippen LogP contribution is 2.26. The maximum absolute atomic E-state index is 3.71. The Morgan fingerprint density at radius 3 is 2.94 bits per heavy atom. The number of hydrogen-bond acceptors (Lipinski definition) is 2. The van der Waals surface area contributed by atoms with Crippen LogP contribution < -0.4 is 5.32 Å². The van der Waals surface area contributed by atoms with Crippen LogP contribution in [0.3, 0.4) is 0 Å². The van der Waals surface area contributed by atoms with Crippen molar-refractivity contribution in [1.29, 1.82) is 0 Å². The molecule has 1 aromatic carbocycles. The van der Waals surface area contributed by atoms with Crippen LogP contribution >= 0.6 is 0 Å². The molecular formula is C15H22N2. The summed E-state index contributed by atoms with van der Waals surface area (Å²) in [6.45, 7) is 9.27. The van der Waals surface area contributed by atoms with Crippen molar-refractivity contribution in [2.75, 3.05) is 32.7 Å². The fourth-order valence-corrected chi connectivity index (χ4v) is 2.47. The van der Waals surface area contributed by atoms with Gasteiger partial charge in [-0.05, 0) is 24.4 Å². The van der Waals surface area contributed by atoms with E-state index in [1.54, 1.807) is 0 Å². The van der Waals surface area contributed by atoms with Gasteiger partial charge in [0, 0.05) is 26.2 Å². The number of nitrogens with zero attached hydrogens (tertiary/aromatic N) is 1. The molecule has 2 nitrogen and oxygen atoms in total. The first kappa shape index (κ1) is 12.3. The van der Waals surface area contributed by atoms with Gasteiger partial charge in [0.25, 0.3) is 0 Å². The Balaban J connectivity index is 1.74. The summed E-state index contributed by atoms with van der Waals surface area (Å²) in [6.07, 6.45) is 3.21. The van der Waals surface area contributed by atoms with Gasteiger partial charge in [-0.2, -0.15) is 0 Å². The number of benzene rings is 1. The van der Waals surface area contributed by atoms with Gasteiger partial charge in [-0.1, -0.05) is 36.4 Å².